The second-order valence-electron chi connectivity index (χ2n) is 7.35. The molecule has 2 aromatic carbocycles. The molecule has 4 atom stereocenters. The smallest absolute Gasteiger partial charge is 0.0763 e. The van der Waals surface area contributed by atoms with Crippen molar-refractivity contribution in [2.24, 2.45) is 0 Å². The fraction of sp³-hybridized carbons (Fsp3) is 0.429. The van der Waals surface area contributed by atoms with E-state index < -0.39 is 6.10 Å². The molecule has 0 radical (unpaired) electrons. The quantitative estimate of drug-likeness (QED) is 0.679. The number of aliphatic hydroxyl groups excluding tert-OH is 1. The summed E-state index contributed by atoms with van der Waals surface area (Å²) in [5.74, 6) is -0.0109. The number of hydrogen-bond donors (Lipinski definition) is 3. The molecule has 0 saturated carbocycles. The molecular formula is C21H24Cl2N2O. The van der Waals surface area contributed by atoms with Crippen molar-refractivity contribution < 1.29 is 5.11 Å². The Morgan fingerprint density at radius 3 is 2.62 bits per heavy atom. The molecule has 0 aromatic heterocycles. The summed E-state index contributed by atoms with van der Waals surface area (Å²) in [5, 5.41) is 19.5. The zero-order valence-electron chi connectivity index (χ0n) is 14.6. The van der Waals surface area contributed by atoms with Crippen LogP contribution in [0.4, 0.5) is 5.69 Å². The van der Waals surface area contributed by atoms with Crippen molar-refractivity contribution in [1.29, 1.82) is 0 Å². The van der Waals surface area contributed by atoms with Crippen LogP contribution in [0.2, 0.25) is 10.0 Å². The van der Waals surface area contributed by atoms with Crippen molar-refractivity contribution in [2.75, 3.05) is 11.9 Å². The van der Waals surface area contributed by atoms with E-state index >= 15 is 0 Å². The van der Waals surface area contributed by atoms with Gasteiger partial charge in [-0.15, -0.1) is 0 Å². The summed E-state index contributed by atoms with van der Waals surface area (Å²) < 4.78 is 0. The topological polar surface area (TPSA) is 44.3 Å². The van der Waals surface area contributed by atoms with Crippen LogP contribution in [0.3, 0.4) is 0 Å². The number of piperidine rings is 1. The van der Waals surface area contributed by atoms with Crippen LogP contribution in [0.5, 0.6) is 0 Å². The zero-order valence-corrected chi connectivity index (χ0v) is 16.1. The van der Waals surface area contributed by atoms with Gasteiger partial charge in [-0.2, -0.15) is 0 Å². The Labute approximate surface area is 164 Å². The molecule has 1 fully saturated rings. The summed E-state index contributed by atoms with van der Waals surface area (Å²) in [6.07, 6.45) is 3.69. The van der Waals surface area contributed by atoms with E-state index in [1.54, 1.807) is 6.07 Å². The van der Waals surface area contributed by atoms with Crippen molar-refractivity contribution in [3.8, 4) is 0 Å². The molecule has 0 spiro atoms. The van der Waals surface area contributed by atoms with Gasteiger partial charge in [0.1, 0.15) is 0 Å². The number of aliphatic hydroxyl groups is 1. The van der Waals surface area contributed by atoms with E-state index in [1.807, 2.05) is 24.3 Å². The number of rotatable bonds is 3. The van der Waals surface area contributed by atoms with Gasteiger partial charge in [-0.3, -0.25) is 0 Å². The Balaban J connectivity index is 1.71. The SMILES string of the molecule is O[C@H]([C@@H]1CCCCN1)[C@@H]1C[C@H](c2ccccc2)Nc2c(Cl)cc(Cl)cc21. The number of halogens is 2. The molecule has 138 valence electrons. The van der Waals surface area contributed by atoms with Crippen molar-refractivity contribution in [1.82, 2.24) is 5.32 Å². The Morgan fingerprint density at radius 1 is 1.08 bits per heavy atom. The summed E-state index contributed by atoms with van der Waals surface area (Å²) in [7, 11) is 0. The van der Waals surface area contributed by atoms with Crippen LogP contribution in [0, 0.1) is 0 Å². The first-order valence-corrected chi connectivity index (χ1v) is 10.1. The molecular weight excluding hydrogens is 367 g/mol. The molecule has 4 rings (SSSR count). The summed E-state index contributed by atoms with van der Waals surface area (Å²) in [6.45, 7) is 0.970. The van der Waals surface area contributed by atoms with E-state index in [2.05, 4.69) is 22.8 Å². The minimum Gasteiger partial charge on any atom is -0.391 e. The highest BCUT2D eigenvalue weighted by atomic mass is 35.5. The van der Waals surface area contributed by atoms with Gasteiger partial charge < -0.3 is 15.7 Å². The van der Waals surface area contributed by atoms with Crippen molar-refractivity contribution in [3.05, 3.63) is 63.6 Å². The highest BCUT2D eigenvalue weighted by Gasteiger charge is 2.37. The lowest BCUT2D eigenvalue weighted by Crippen LogP contribution is -2.47. The third-order valence-electron chi connectivity index (χ3n) is 5.67. The summed E-state index contributed by atoms with van der Waals surface area (Å²) in [5.41, 5.74) is 3.13. The monoisotopic (exact) mass is 390 g/mol. The molecule has 5 heteroatoms. The lowest BCUT2D eigenvalue weighted by Gasteiger charge is -2.40. The molecule has 2 aliphatic rings. The fourth-order valence-electron chi connectivity index (χ4n) is 4.33. The molecule has 2 heterocycles. The number of nitrogens with one attached hydrogen (secondary N) is 2. The van der Waals surface area contributed by atoms with Crippen LogP contribution in [-0.2, 0) is 0 Å². The van der Waals surface area contributed by atoms with Gasteiger partial charge in [0.15, 0.2) is 0 Å². The van der Waals surface area contributed by atoms with E-state index in [0.717, 1.165) is 37.1 Å². The third kappa shape index (κ3) is 3.59. The molecule has 0 bridgehead atoms. The maximum atomic E-state index is 11.2. The molecule has 2 aromatic rings. The van der Waals surface area contributed by atoms with Crippen LogP contribution >= 0.6 is 23.2 Å². The zero-order chi connectivity index (χ0) is 18.1. The summed E-state index contributed by atoms with van der Waals surface area (Å²) in [6, 6.07) is 14.3. The van der Waals surface area contributed by atoms with E-state index in [9.17, 15) is 5.11 Å². The molecule has 0 aliphatic carbocycles. The Kier molecular flexibility index (Phi) is 5.42. The van der Waals surface area contributed by atoms with E-state index in [4.69, 9.17) is 23.2 Å². The maximum absolute atomic E-state index is 11.2. The van der Waals surface area contributed by atoms with Gasteiger partial charge in [0, 0.05) is 17.0 Å². The van der Waals surface area contributed by atoms with Gasteiger partial charge in [0.25, 0.3) is 0 Å². The normalized spacial score (nSPS) is 26.7. The van der Waals surface area contributed by atoms with Gasteiger partial charge in [0.05, 0.1) is 22.9 Å². The van der Waals surface area contributed by atoms with Crippen LogP contribution < -0.4 is 10.6 Å². The first-order valence-electron chi connectivity index (χ1n) is 9.35. The largest absolute Gasteiger partial charge is 0.391 e. The molecule has 0 amide bonds. The van der Waals surface area contributed by atoms with Crippen LogP contribution in [0.25, 0.3) is 0 Å². The van der Waals surface area contributed by atoms with Crippen LogP contribution in [0.1, 0.15) is 48.8 Å². The number of anilines is 1. The molecule has 26 heavy (non-hydrogen) atoms. The van der Waals surface area contributed by atoms with Crippen LogP contribution in [0.15, 0.2) is 42.5 Å². The molecule has 2 aliphatic heterocycles. The molecule has 3 nitrogen and oxygen atoms in total. The van der Waals surface area contributed by atoms with Crippen molar-refractivity contribution in [2.45, 2.75) is 49.8 Å². The Bertz CT molecular complexity index is 762. The van der Waals surface area contributed by atoms with Gasteiger partial charge in [-0.25, -0.2) is 0 Å². The highest BCUT2D eigenvalue weighted by Crippen LogP contribution is 2.46. The Hall–Kier alpha value is -1.26. The summed E-state index contributed by atoms with van der Waals surface area (Å²) in [4.78, 5) is 0. The number of fused-ring (bicyclic) bond motifs is 1. The van der Waals surface area contributed by atoms with E-state index in [1.165, 1.54) is 12.0 Å². The lowest BCUT2D eigenvalue weighted by atomic mass is 9.78. The average Bonchev–Trinajstić information content (AvgIpc) is 2.68. The predicted molar refractivity (Wildman–Crippen MR) is 108 cm³/mol. The molecule has 0 unspecified atom stereocenters. The second-order valence-corrected chi connectivity index (χ2v) is 8.19. The standard InChI is InChI=1S/C21H24Cl2N2O/c22-14-10-15-16(21(26)18-8-4-5-9-24-18)12-19(13-6-2-1-3-7-13)25-20(15)17(23)11-14/h1-3,6-7,10-11,16,18-19,21,24-26H,4-5,8-9,12H2/t16-,18+,19-,21+/m1/s1. The van der Waals surface area contributed by atoms with Crippen LogP contribution in [-0.4, -0.2) is 23.8 Å². The van der Waals surface area contributed by atoms with Gasteiger partial charge in [-0.05, 0) is 49.1 Å². The fourth-order valence-corrected chi connectivity index (χ4v) is 4.89. The van der Waals surface area contributed by atoms with Gasteiger partial charge in [0.2, 0.25) is 0 Å². The maximum Gasteiger partial charge on any atom is 0.0763 e. The first-order chi connectivity index (χ1) is 12.6. The third-order valence-corrected chi connectivity index (χ3v) is 6.18. The van der Waals surface area contributed by atoms with E-state index in [-0.39, 0.29) is 18.0 Å². The lowest BCUT2D eigenvalue weighted by molar-refractivity contribution is 0.0806. The average molecular weight is 391 g/mol. The van der Waals surface area contributed by atoms with Crippen molar-refractivity contribution in [3.63, 3.8) is 0 Å². The number of benzene rings is 2. The summed E-state index contributed by atoms with van der Waals surface area (Å²) >= 11 is 12.8. The van der Waals surface area contributed by atoms with Crippen molar-refractivity contribution >= 4 is 28.9 Å². The minimum atomic E-state index is -0.461. The predicted octanol–water partition coefficient (Wildman–Crippen LogP) is 5.14. The Morgan fingerprint density at radius 2 is 1.88 bits per heavy atom. The highest BCUT2D eigenvalue weighted by molar-refractivity contribution is 6.36. The molecule has 3 N–H and O–H groups in total. The van der Waals surface area contributed by atoms with Gasteiger partial charge in [-0.1, -0.05) is 60.0 Å². The minimum absolute atomic E-state index is 0.0109. The first kappa shape index (κ1) is 18.1. The molecule has 1 saturated heterocycles. The van der Waals surface area contributed by atoms with Gasteiger partial charge >= 0.3 is 0 Å². The number of hydrogen-bond acceptors (Lipinski definition) is 3. The second kappa shape index (κ2) is 7.77. The van der Waals surface area contributed by atoms with E-state index in [0.29, 0.717) is 10.0 Å².